The van der Waals surface area contributed by atoms with Crippen LogP contribution in [0.15, 0.2) is 6.07 Å². The lowest BCUT2D eigenvalue weighted by atomic mass is 9.90. The number of hydrogen-bond donors (Lipinski definition) is 1. The van der Waals surface area contributed by atoms with Crippen molar-refractivity contribution < 1.29 is 13.5 Å². The van der Waals surface area contributed by atoms with Gasteiger partial charge in [-0.1, -0.05) is 11.6 Å². The molecule has 0 unspecified atom stereocenters. The van der Waals surface area contributed by atoms with Crippen LogP contribution in [0.3, 0.4) is 0 Å². The summed E-state index contributed by atoms with van der Waals surface area (Å²) < 4.78 is 32.7. The van der Waals surface area contributed by atoms with E-state index in [2.05, 4.69) is 5.32 Å². The molecule has 0 bridgehead atoms. The van der Waals surface area contributed by atoms with Gasteiger partial charge >= 0.3 is 0 Å². The van der Waals surface area contributed by atoms with Crippen molar-refractivity contribution in [1.29, 1.82) is 0 Å². The van der Waals surface area contributed by atoms with E-state index in [0.717, 1.165) is 32.0 Å². The minimum absolute atomic E-state index is 0.0423. The standard InChI is InChI=1S/C13H16ClF2NO/c1-18-11-7-10(15)9(13(16)12(11)14)6-8-2-4-17-5-3-8/h7-8,17H,2-6H2,1H3. The normalized spacial score (nSPS) is 16.9. The molecule has 1 aromatic rings. The van der Waals surface area contributed by atoms with Crippen LogP contribution in [0, 0.1) is 17.6 Å². The summed E-state index contributed by atoms with van der Waals surface area (Å²) in [6.07, 6.45) is 2.26. The molecule has 1 N–H and O–H groups in total. The van der Waals surface area contributed by atoms with Crippen molar-refractivity contribution in [3.05, 3.63) is 28.3 Å². The van der Waals surface area contributed by atoms with Gasteiger partial charge in [-0.25, -0.2) is 8.78 Å². The zero-order valence-corrected chi connectivity index (χ0v) is 11.0. The Hall–Kier alpha value is -0.870. The molecule has 18 heavy (non-hydrogen) atoms. The number of piperidine rings is 1. The molecular weight excluding hydrogens is 260 g/mol. The monoisotopic (exact) mass is 275 g/mol. The topological polar surface area (TPSA) is 21.3 Å². The van der Waals surface area contributed by atoms with E-state index in [4.69, 9.17) is 16.3 Å². The van der Waals surface area contributed by atoms with Crippen LogP contribution in [0.4, 0.5) is 8.78 Å². The SMILES string of the molecule is COc1cc(F)c(CC2CCNCC2)c(F)c1Cl. The highest BCUT2D eigenvalue weighted by Crippen LogP contribution is 2.33. The molecular formula is C13H16ClF2NO. The lowest BCUT2D eigenvalue weighted by Crippen LogP contribution is -2.29. The summed E-state index contributed by atoms with van der Waals surface area (Å²) in [5.74, 6) is -0.917. The third kappa shape index (κ3) is 2.75. The van der Waals surface area contributed by atoms with Crippen molar-refractivity contribution >= 4 is 11.6 Å². The molecule has 1 aliphatic heterocycles. The fourth-order valence-corrected chi connectivity index (χ4v) is 2.57. The Labute approximate surface area is 110 Å². The number of ether oxygens (including phenoxy) is 1. The van der Waals surface area contributed by atoms with Gasteiger partial charge in [-0.05, 0) is 38.3 Å². The largest absolute Gasteiger partial charge is 0.495 e. The van der Waals surface area contributed by atoms with E-state index in [-0.39, 0.29) is 16.3 Å². The first-order valence-corrected chi connectivity index (χ1v) is 6.42. The second kappa shape index (κ2) is 5.85. The van der Waals surface area contributed by atoms with Gasteiger partial charge in [-0.2, -0.15) is 0 Å². The number of benzene rings is 1. The van der Waals surface area contributed by atoms with Crippen molar-refractivity contribution in [2.75, 3.05) is 20.2 Å². The van der Waals surface area contributed by atoms with Crippen LogP contribution in [0.2, 0.25) is 5.02 Å². The van der Waals surface area contributed by atoms with Gasteiger partial charge in [0.25, 0.3) is 0 Å². The summed E-state index contributed by atoms with van der Waals surface area (Å²) in [6.45, 7) is 1.80. The van der Waals surface area contributed by atoms with Gasteiger partial charge in [0.05, 0.1) is 7.11 Å². The van der Waals surface area contributed by atoms with Crippen molar-refractivity contribution in [3.63, 3.8) is 0 Å². The Morgan fingerprint density at radius 3 is 2.67 bits per heavy atom. The van der Waals surface area contributed by atoms with E-state index in [1.54, 1.807) is 0 Å². The molecule has 0 aliphatic carbocycles. The molecule has 2 rings (SSSR count). The predicted molar refractivity (Wildman–Crippen MR) is 67.2 cm³/mol. The Kier molecular flexibility index (Phi) is 4.40. The number of halogens is 3. The number of methoxy groups -OCH3 is 1. The smallest absolute Gasteiger partial charge is 0.151 e. The summed E-state index contributed by atoms with van der Waals surface area (Å²) in [4.78, 5) is 0. The molecule has 1 heterocycles. The second-order valence-corrected chi connectivity index (χ2v) is 4.94. The fourth-order valence-electron chi connectivity index (χ4n) is 2.32. The molecule has 1 aromatic carbocycles. The highest BCUT2D eigenvalue weighted by Gasteiger charge is 2.22. The first-order valence-electron chi connectivity index (χ1n) is 6.04. The molecule has 0 spiro atoms. The third-order valence-electron chi connectivity index (χ3n) is 3.39. The molecule has 0 radical (unpaired) electrons. The van der Waals surface area contributed by atoms with E-state index >= 15 is 0 Å². The van der Waals surface area contributed by atoms with Crippen LogP contribution in [0.1, 0.15) is 18.4 Å². The van der Waals surface area contributed by atoms with Crippen LogP contribution in [0.25, 0.3) is 0 Å². The predicted octanol–water partition coefficient (Wildman–Crippen LogP) is 3.17. The molecule has 0 atom stereocenters. The summed E-state index contributed by atoms with van der Waals surface area (Å²) in [6, 6.07) is 1.15. The van der Waals surface area contributed by atoms with E-state index in [1.165, 1.54) is 7.11 Å². The molecule has 2 nitrogen and oxygen atoms in total. The molecule has 100 valence electrons. The lowest BCUT2D eigenvalue weighted by Gasteiger charge is -2.23. The first kappa shape index (κ1) is 13.6. The second-order valence-electron chi connectivity index (χ2n) is 4.56. The minimum atomic E-state index is -0.688. The van der Waals surface area contributed by atoms with Gasteiger partial charge in [0.15, 0.2) is 5.82 Å². The Morgan fingerprint density at radius 2 is 2.06 bits per heavy atom. The molecule has 0 aromatic heterocycles. The molecule has 0 amide bonds. The van der Waals surface area contributed by atoms with Crippen molar-refractivity contribution in [2.24, 2.45) is 5.92 Å². The highest BCUT2D eigenvalue weighted by molar-refractivity contribution is 6.32. The number of hydrogen-bond acceptors (Lipinski definition) is 2. The summed E-state index contributed by atoms with van der Waals surface area (Å²) in [5.41, 5.74) is 0.0766. The Bertz CT molecular complexity index is 433. The molecule has 0 saturated carbocycles. The average molecular weight is 276 g/mol. The summed E-state index contributed by atoms with van der Waals surface area (Å²) >= 11 is 5.81. The molecule has 1 fully saturated rings. The van der Waals surface area contributed by atoms with Crippen LogP contribution < -0.4 is 10.1 Å². The van der Waals surface area contributed by atoms with Gasteiger partial charge in [0.2, 0.25) is 0 Å². The van der Waals surface area contributed by atoms with Gasteiger partial charge in [0.1, 0.15) is 16.6 Å². The maximum absolute atomic E-state index is 14.0. The summed E-state index contributed by atoms with van der Waals surface area (Å²) in [7, 11) is 1.34. The van der Waals surface area contributed by atoms with E-state index < -0.39 is 11.6 Å². The van der Waals surface area contributed by atoms with Crippen molar-refractivity contribution in [3.8, 4) is 5.75 Å². The van der Waals surface area contributed by atoms with Crippen molar-refractivity contribution in [2.45, 2.75) is 19.3 Å². The number of nitrogens with one attached hydrogen (secondary N) is 1. The average Bonchev–Trinajstić information content (AvgIpc) is 2.40. The van der Waals surface area contributed by atoms with Gasteiger partial charge < -0.3 is 10.1 Å². The Morgan fingerprint density at radius 1 is 1.39 bits per heavy atom. The van der Waals surface area contributed by atoms with E-state index in [9.17, 15) is 8.78 Å². The third-order valence-corrected chi connectivity index (χ3v) is 3.74. The van der Waals surface area contributed by atoms with Crippen LogP contribution in [-0.4, -0.2) is 20.2 Å². The zero-order chi connectivity index (χ0) is 13.1. The minimum Gasteiger partial charge on any atom is -0.495 e. The fraction of sp³-hybridized carbons (Fsp3) is 0.538. The number of rotatable bonds is 3. The van der Waals surface area contributed by atoms with E-state index in [0.29, 0.717) is 12.3 Å². The van der Waals surface area contributed by atoms with Crippen LogP contribution >= 0.6 is 11.6 Å². The quantitative estimate of drug-likeness (QED) is 0.856. The van der Waals surface area contributed by atoms with Gasteiger partial charge in [-0.15, -0.1) is 0 Å². The van der Waals surface area contributed by atoms with Crippen LogP contribution in [0.5, 0.6) is 5.75 Å². The van der Waals surface area contributed by atoms with Gasteiger partial charge in [0, 0.05) is 11.6 Å². The van der Waals surface area contributed by atoms with E-state index in [1.807, 2.05) is 0 Å². The lowest BCUT2D eigenvalue weighted by molar-refractivity contribution is 0.360. The zero-order valence-electron chi connectivity index (χ0n) is 10.2. The van der Waals surface area contributed by atoms with Crippen molar-refractivity contribution in [1.82, 2.24) is 5.32 Å². The molecule has 1 saturated heterocycles. The maximum atomic E-state index is 14.0. The highest BCUT2D eigenvalue weighted by atomic mass is 35.5. The summed E-state index contributed by atoms with van der Waals surface area (Å²) in [5, 5.41) is 3.09. The molecule has 5 heteroatoms. The first-order chi connectivity index (χ1) is 8.63. The van der Waals surface area contributed by atoms with Crippen LogP contribution in [-0.2, 0) is 6.42 Å². The Balaban J connectivity index is 2.24. The van der Waals surface area contributed by atoms with Gasteiger partial charge in [-0.3, -0.25) is 0 Å². The molecule has 1 aliphatic rings. The maximum Gasteiger partial charge on any atom is 0.151 e.